The Morgan fingerprint density at radius 3 is 2.53 bits per heavy atom. The topological polar surface area (TPSA) is 81.7 Å². The summed E-state index contributed by atoms with van der Waals surface area (Å²) in [7, 11) is 1.56. The first-order chi connectivity index (χ1) is 14.1. The molecule has 0 spiro atoms. The van der Waals surface area contributed by atoms with Gasteiger partial charge in [0.2, 0.25) is 10.7 Å². The van der Waals surface area contributed by atoms with Crippen molar-refractivity contribution in [1.82, 2.24) is 0 Å². The molecule has 1 N–H and O–H groups in total. The number of hydrogen-bond acceptors (Lipinski definition) is 6. The van der Waals surface area contributed by atoms with Crippen molar-refractivity contribution in [1.29, 1.82) is 0 Å². The summed E-state index contributed by atoms with van der Waals surface area (Å²) in [4.78, 5) is 38.0. The minimum absolute atomic E-state index is 0.124. The van der Waals surface area contributed by atoms with E-state index in [2.05, 4.69) is 5.32 Å². The molecule has 1 aliphatic rings. The van der Waals surface area contributed by atoms with Gasteiger partial charge >= 0.3 is 5.97 Å². The standard InChI is InChI=1S/C23H25NO5S/c1-22(2,3)30-20(26)13-19(25)29-23(14-15-8-7-9-16(12-15)28-4)17-10-5-6-11-18(17)24-21(23)27/h5-12H,13-14H2,1-4H3,(H,24,27)/t23-/m0/s1. The molecule has 1 amide bonds. The van der Waals surface area contributed by atoms with Crippen LogP contribution in [0.25, 0.3) is 0 Å². The maximum Gasteiger partial charge on any atom is 0.315 e. The van der Waals surface area contributed by atoms with Crippen LogP contribution in [0, 0.1) is 0 Å². The van der Waals surface area contributed by atoms with E-state index in [0.29, 0.717) is 17.0 Å². The number of carbonyl (C=O) groups excluding carboxylic acids is 3. The van der Waals surface area contributed by atoms with Gasteiger partial charge in [0.05, 0.1) is 7.11 Å². The molecule has 0 aliphatic carbocycles. The normalized spacial score (nSPS) is 17.8. The third kappa shape index (κ3) is 4.84. The highest BCUT2D eigenvalue weighted by atomic mass is 32.2. The Labute approximate surface area is 180 Å². The summed E-state index contributed by atoms with van der Waals surface area (Å²) in [6.07, 6.45) is -0.281. The fourth-order valence-corrected chi connectivity index (χ4v) is 4.27. The molecule has 3 rings (SSSR count). The molecule has 6 nitrogen and oxygen atoms in total. The summed E-state index contributed by atoms with van der Waals surface area (Å²) in [6.45, 7) is 5.68. The maximum absolute atomic E-state index is 13.1. The van der Waals surface area contributed by atoms with E-state index in [4.69, 9.17) is 9.47 Å². The first-order valence-corrected chi connectivity index (χ1v) is 10.4. The van der Waals surface area contributed by atoms with Crippen LogP contribution in [0.15, 0.2) is 48.5 Å². The van der Waals surface area contributed by atoms with Crippen LogP contribution < -0.4 is 10.1 Å². The van der Waals surface area contributed by atoms with Crippen molar-refractivity contribution in [2.45, 2.75) is 44.0 Å². The first-order valence-electron chi connectivity index (χ1n) is 9.60. The molecule has 0 fully saturated rings. The van der Waals surface area contributed by atoms with E-state index in [-0.39, 0.29) is 16.3 Å². The van der Waals surface area contributed by atoms with E-state index in [1.807, 2.05) is 32.9 Å². The second-order valence-electron chi connectivity index (χ2n) is 8.09. The fourth-order valence-electron chi connectivity index (χ4n) is 3.40. The van der Waals surface area contributed by atoms with Crippen molar-refractivity contribution in [2.75, 3.05) is 12.4 Å². The quantitative estimate of drug-likeness (QED) is 0.553. The Morgan fingerprint density at radius 2 is 1.83 bits per heavy atom. The third-order valence-corrected chi connectivity index (χ3v) is 5.55. The van der Waals surface area contributed by atoms with Gasteiger partial charge in [0.15, 0.2) is 0 Å². The number of esters is 1. The minimum atomic E-state index is -1.55. The fraction of sp³-hybridized carbons (Fsp3) is 0.348. The second-order valence-corrected chi connectivity index (χ2v) is 9.98. The van der Waals surface area contributed by atoms with Gasteiger partial charge in [0.1, 0.15) is 12.2 Å². The largest absolute Gasteiger partial charge is 0.497 e. The van der Waals surface area contributed by atoms with Gasteiger partial charge in [0, 0.05) is 22.4 Å². The Hall–Kier alpha value is -2.80. The number of thioether (sulfide) groups is 1. The molecule has 0 unspecified atom stereocenters. The van der Waals surface area contributed by atoms with Crippen LogP contribution in [0.3, 0.4) is 0 Å². The number of hydrogen-bond donors (Lipinski definition) is 1. The molecule has 1 heterocycles. The highest BCUT2D eigenvalue weighted by Gasteiger charge is 2.50. The van der Waals surface area contributed by atoms with Crippen molar-refractivity contribution in [3.63, 3.8) is 0 Å². The third-order valence-electron chi connectivity index (χ3n) is 4.56. The van der Waals surface area contributed by atoms with Gasteiger partial charge in [-0.05, 0) is 23.8 Å². The summed E-state index contributed by atoms with van der Waals surface area (Å²) < 4.78 is 10.7. The summed E-state index contributed by atoms with van der Waals surface area (Å²) in [5, 5.41) is 2.50. The number of ether oxygens (including phenoxy) is 2. The number of amides is 1. The molecular weight excluding hydrogens is 402 g/mol. The molecule has 0 aromatic heterocycles. The van der Waals surface area contributed by atoms with Crippen LogP contribution in [0.1, 0.15) is 38.3 Å². The monoisotopic (exact) mass is 427 g/mol. The number of fused-ring (bicyclic) bond motifs is 1. The molecule has 1 atom stereocenters. The lowest BCUT2D eigenvalue weighted by Crippen LogP contribution is -2.41. The van der Waals surface area contributed by atoms with E-state index in [9.17, 15) is 14.4 Å². The number of methoxy groups -OCH3 is 1. The van der Waals surface area contributed by atoms with E-state index < -0.39 is 23.9 Å². The van der Waals surface area contributed by atoms with Crippen LogP contribution in [0.2, 0.25) is 0 Å². The van der Waals surface area contributed by atoms with Crippen molar-refractivity contribution < 1.29 is 23.9 Å². The summed E-state index contributed by atoms with van der Waals surface area (Å²) in [6, 6.07) is 14.3. The average Bonchev–Trinajstić information content (AvgIpc) is 2.91. The van der Waals surface area contributed by atoms with Gasteiger partial charge in [-0.2, -0.15) is 0 Å². The van der Waals surface area contributed by atoms with Crippen LogP contribution in [0.4, 0.5) is 5.69 Å². The molecule has 2 aromatic carbocycles. The lowest BCUT2D eigenvalue weighted by Gasteiger charge is -2.28. The predicted octanol–water partition coefficient (Wildman–Crippen LogP) is 4.08. The zero-order valence-corrected chi connectivity index (χ0v) is 18.3. The van der Waals surface area contributed by atoms with Crippen LogP contribution in [-0.2, 0) is 31.1 Å². The molecule has 0 radical (unpaired) electrons. The lowest BCUT2D eigenvalue weighted by atomic mass is 9.88. The summed E-state index contributed by atoms with van der Waals surface area (Å²) >= 11 is 1.08. The molecule has 1 aliphatic heterocycles. The molecule has 7 heteroatoms. The van der Waals surface area contributed by atoms with Gasteiger partial charge in [-0.25, -0.2) is 0 Å². The molecule has 30 heavy (non-hydrogen) atoms. The van der Waals surface area contributed by atoms with Crippen LogP contribution in [-0.4, -0.2) is 28.8 Å². The van der Waals surface area contributed by atoms with Crippen molar-refractivity contribution in [3.8, 4) is 5.75 Å². The van der Waals surface area contributed by atoms with Crippen molar-refractivity contribution in [3.05, 3.63) is 59.7 Å². The van der Waals surface area contributed by atoms with E-state index >= 15 is 0 Å². The number of benzene rings is 2. The number of anilines is 1. The van der Waals surface area contributed by atoms with Gasteiger partial charge < -0.3 is 14.8 Å². The molecule has 158 valence electrons. The molecular formula is C23H25NO5S. The van der Waals surface area contributed by atoms with Gasteiger partial charge in [-0.1, -0.05) is 62.9 Å². The smallest absolute Gasteiger partial charge is 0.315 e. The summed E-state index contributed by atoms with van der Waals surface area (Å²) in [5.41, 5.74) is 0.382. The Balaban J connectivity index is 1.92. The van der Waals surface area contributed by atoms with Crippen LogP contribution >= 0.6 is 11.8 Å². The molecule has 0 saturated carbocycles. The van der Waals surface area contributed by atoms with Gasteiger partial charge in [-0.15, -0.1) is 0 Å². The highest BCUT2D eigenvalue weighted by Crippen LogP contribution is 2.42. The lowest BCUT2D eigenvalue weighted by molar-refractivity contribution is -0.167. The summed E-state index contributed by atoms with van der Waals surface area (Å²) in [5.74, 6) is -0.528. The minimum Gasteiger partial charge on any atom is -0.497 e. The molecule has 0 saturated heterocycles. The van der Waals surface area contributed by atoms with E-state index in [0.717, 1.165) is 17.3 Å². The molecule has 0 bridgehead atoms. The molecule has 2 aromatic rings. The first kappa shape index (κ1) is 21.9. The van der Waals surface area contributed by atoms with Crippen LogP contribution in [0.5, 0.6) is 5.75 Å². The number of rotatable bonds is 6. The number of nitrogens with one attached hydrogen (secondary N) is 1. The zero-order chi connectivity index (χ0) is 21.9. The zero-order valence-electron chi connectivity index (χ0n) is 17.5. The predicted molar refractivity (Wildman–Crippen MR) is 117 cm³/mol. The maximum atomic E-state index is 13.1. The van der Waals surface area contributed by atoms with Crippen molar-refractivity contribution >= 4 is 34.4 Å². The average molecular weight is 428 g/mol. The highest BCUT2D eigenvalue weighted by molar-refractivity contribution is 8.14. The Kier molecular flexibility index (Phi) is 6.22. The number of carbonyl (C=O) groups is 3. The van der Waals surface area contributed by atoms with E-state index in [1.165, 1.54) is 0 Å². The Morgan fingerprint density at radius 1 is 1.10 bits per heavy atom. The van der Waals surface area contributed by atoms with Crippen molar-refractivity contribution in [2.24, 2.45) is 0 Å². The van der Waals surface area contributed by atoms with Gasteiger partial charge in [-0.3, -0.25) is 14.4 Å². The second kappa shape index (κ2) is 8.52. The number of para-hydroxylation sites is 1. The van der Waals surface area contributed by atoms with E-state index in [1.54, 1.807) is 43.5 Å². The Bertz CT molecular complexity index is 982. The SMILES string of the molecule is COc1cccc(C[C@@]2(OC(=O)CC(=O)SC(C)(C)C)C(=O)Nc3ccccc32)c1. The van der Waals surface area contributed by atoms with Gasteiger partial charge in [0.25, 0.3) is 5.91 Å².